The van der Waals surface area contributed by atoms with Crippen molar-refractivity contribution < 1.29 is 0 Å². The van der Waals surface area contributed by atoms with E-state index in [0.717, 1.165) is 6.42 Å². The molecule has 0 atom stereocenters. The second-order valence-electron chi connectivity index (χ2n) is 3.18. The lowest BCUT2D eigenvalue weighted by atomic mass is 10.2. The summed E-state index contributed by atoms with van der Waals surface area (Å²) in [6.45, 7) is 3.83. The van der Waals surface area contributed by atoms with Crippen molar-refractivity contribution in [1.29, 1.82) is 0 Å². The van der Waals surface area contributed by atoms with E-state index in [1.54, 1.807) is 6.92 Å². The zero-order chi connectivity index (χ0) is 10.7. The van der Waals surface area contributed by atoms with Crippen LogP contribution in [-0.2, 0) is 6.42 Å². The van der Waals surface area contributed by atoms with Crippen molar-refractivity contribution in [3.63, 3.8) is 0 Å². The van der Waals surface area contributed by atoms with Gasteiger partial charge in [-0.25, -0.2) is 0 Å². The lowest BCUT2D eigenvalue weighted by Gasteiger charge is -1.98. The Labute approximate surface area is 87.6 Å². The lowest BCUT2D eigenvalue weighted by Crippen LogP contribution is -1.99. The fourth-order valence-electron chi connectivity index (χ4n) is 1.15. The fraction of sp³-hybridized carbons (Fsp3) is 0.300. The highest BCUT2D eigenvalue weighted by atomic mass is 15.3. The van der Waals surface area contributed by atoms with Crippen LogP contribution in [0.1, 0.15) is 18.3 Å². The number of aromatic nitrogens is 5. The topological polar surface area (TPSA) is 64.5 Å². The minimum absolute atomic E-state index is 0.461. The SMILES string of the molecule is CCc1ccc(-c2nnc(C)nn2)nc1. The Hall–Kier alpha value is -1.91. The Kier molecular flexibility index (Phi) is 2.62. The molecule has 15 heavy (non-hydrogen) atoms. The van der Waals surface area contributed by atoms with Crippen molar-refractivity contribution >= 4 is 0 Å². The molecule has 0 spiro atoms. The predicted octanol–water partition coefficient (Wildman–Crippen LogP) is 1.20. The van der Waals surface area contributed by atoms with Crippen LogP contribution in [0.5, 0.6) is 0 Å². The first-order valence-electron chi connectivity index (χ1n) is 4.79. The third-order valence-corrected chi connectivity index (χ3v) is 2.04. The molecule has 2 heterocycles. The van der Waals surface area contributed by atoms with Crippen LogP contribution in [-0.4, -0.2) is 25.4 Å². The maximum atomic E-state index is 4.24. The highest BCUT2D eigenvalue weighted by Gasteiger charge is 2.03. The van der Waals surface area contributed by atoms with Crippen LogP contribution in [0.2, 0.25) is 0 Å². The molecule has 0 fully saturated rings. The Morgan fingerprint density at radius 3 is 2.33 bits per heavy atom. The quantitative estimate of drug-likeness (QED) is 0.730. The summed E-state index contributed by atoms with van der Waals surface area (Å²) >= 11 is 0. The molecule has 2 aromatic rings. The molecule has 0 N–H and O–H groups in total. The molecule has 0 aromatic carbocycles. The first-order valence-corrected chi connectivity index (χ1v) is 4.79. The maximum Gasteiger partial charge on any atom is 0.221 e. The van der Waals surface area contributed by atoms with Crippen molar-refractivity contribution in [2.45, 2.75) is 20.3 Å². The van der Waals surface area contributed by atoms with E-state index in [1.165, 1.54) is 5.56 Å². The maximum absolute atomic E-state index is 4.24. The van der Waals surface area contributed by atoms with Gasteiger partial charge in [-0.2, -0.15) is 0 Å². The lowest BCUT2D eigenvalue weighted by molar-refractivity contribution is 0.812. The van der Waals surface area contributed by atoms with E-state index in [2.05, 4.69) is 32.3 Å². The van der Waals surface area contributed by atoms with Crippen LogP contribution < -0.4 is 0 Å². The van der Waals surface area contributed by atoms with Gasteiger partial charge in [-0.05, 0) is 25.0 Å². The van der Waals surface area contributed by atoms with Gasteiger partial charge in [-0.3, -0.25) is 4.98 Å². The van der Waals surface area contributed by atoms with Gasteiger partial charge < -0.3 is 0 Å². The summed E-state index contributed by atoms with van der Waals surface area (Å²) in [7, 11) is 0. The number of hydrogen-bond donors (Lipinski definition) is 0. The number of hydrogen-bond acceptors (Lipinski definition) is 5. The molecule has 2 rings (SSSR count). The summed E-state index contributed by atoms with van der Waals surface area (Å²) in [5.74, 6) is 1.02. The molecular weight excluding hydrogens is 190 g/mol. The van der Waals surface area contributed by atoms with Crippen LogP contribution >= 0.6 is 0 Å². The normalized spacial score (nSPS) is 10.3. The van der Waals surface area contributed by atoms with Crippen molar-refractivity contribution in [3.05, 3.63) is 29.7 Å². The average Bonchev–Trinajstić information content (AvgIpc) is 2.30. The van der Waals surface area contributed by atoms with Crippen LogP contribution in [0, 0.1) is 6.92 Å². The van der Waals surface area contributed by atoms with Crippen molar-refractivity contribution in [2.75, 3.05) is 0 Å². The zero-order valence-electron chi connectivity index (χ0n) is 8.68. The molecular formula is C10H11N5. The van der Waals surface area contributed by atoms with Crippen LogP contribution in [0.4, 0.5) is 0 Å². The molecule has 0 radical (unpaired) electrons. The monoisotopic (exact) mass is 201 g/mol. The van der Waals surface area contributed by atoms with Gasteiger partial charge in [0.2, 0.25) is 5.82 Å². The van der Waals surface area contributed by atoms with Gasteiger partial charge in [-0.1, -0.05) is 13.0 Å². The Morgan fingerprint density at radius 2 is 1.80 bits per heavy atom. The van der Waals surface area contributed by atoms with Crippen LogP contribution in [0.25, 0.3) is 11.5 Å². The summed E-state index contributed by atoms with van der Waals surface area (Å²) in [6, 6.07) is 3.89. The number of aryl methyl sites for hydroxylation is 2. The molecule has 0 amide bonds. The zero-order valence-corrected chi connectivity index (χ0v) is 8.68. The van der Waals surface area contributed by atoms with E-state index in [4.69, 9.17) is 0 Å². The minimum Gasteiger partial charge on any atom is -0.252 e. The molecule has 2 aromatic heterocycles. The summed E-state index contributed by atoms with van der Waals surface area (Å²) in [5, 5.41) is 15.5. The van der Waals surface area contributed by atoms with Gasteiger partial charge >= 0.3 is 0 Å². The molecule has 0 aliphatic heterocycles. The van der Waals surface area contributed by atoms with Gasteiger partial charge in [0.1, 0.15) is 5.69 Å². The highest BCUT2D eigenvalue weighted by Crippen LogP contribution is 2.10. The molecule has 5 heteroatoms. The molecule has 0 saturated heterocycles. The predicted molar refractivity (Wildman–Crippen MR) is 55.0 cm³/mol. The third kappa shape index (κ3) is 2.12. The average molecular weight is 201 g/mol. The second kappa shape index (κ2) is 4.08. The summed E-state index contributed by atoms with van der Waals surface area (Å²) in [6.07, 6.45) is 2.79. The third-order valence-electron chi connectivity index (χ3n) is 2.04. The molecule has 0 saturated carbocycles. The number of nitrogens with zero attached hydrogens (tertiary/aromatic N) is 5. The minimum atomic E-state index is 0.461. The largest absolute Gasteiger partial charge is 0.252 e. The van der Waals surface area contributed by atoms with Crippen molar-refractivity contribution in [2.24, 2.45) is 0 Å². The van der Waals surface area contributed by atoms with E-state index in [9.17, 15) is 0 Å². The first-order chi connectivity index (χ1) is 7.29. The van der Waals surface area contributed by atoms with Crippen LogP contribution in [0.15, 0.2) is 18.3 Å². The van der Waals surface area contributed by atoms with Gasteiger partial charge in [-0.15, -0.1) is 20.4 Å². The van der Waals surface area contributed by atoms with E-state index in [1.807, 2.05) is 18.3 Å². The molecule has 0 bridgehead atoms. The Morgan fingerprint density at radius 1 is 1.07 bits per heavy atom. The van der Waals surface area contributed by atoms with E-state index in [0.29, 0.717) is 17.3 Å². The van der Waals surface area contributed by atoms with Crippen molar-refractivity contribution in [1.82, 2.24) is 25.4 Å². The standard InChI is InChI=1S/C10H11N5/c1-3-8-4-5-9(11-6-8)10-14-12-7(2)13-15-10/h4-6H,3H2,1-2H3. The molecule has 5 nitrogen and oxygen atoms in total. The number of pyridine rings is 1. The van der Waals surface area contributed by atoms with Gasteiger partial charge in [0.25, 0.3) is 0 Å². The van der Waals surface area contributed by atoms with E-state index >= 15 is 0 Å². The smallest absolute Gasteiger partial charge is 0.221 e. The van der Waals surface area contributed by atoms with E-state index in [-0.39, 0.29) is 0 Å². The van der Waals surface area contributed by atoms with Gasteiger partial charge in [0.05, 0.1) is 0 Å². The van der Waals surface area contributed by atoms with E-state index < -0.39 is 0 Å². The summed E-state index contributed by atoms with van der Waals surface area (Å²) in [5.41, 5.74) is 1.89. The molecule has 0 aliphatic carbocycles. The van der Waals surface area contributed by atoms with Crippen molar-refractivity contribution in [3.8, 4) is 11.5 Å². The Balaban J connectivity index is 2.33. The molecule has 0 unspecified atom stereocenters. The van der Waals surface area contributed by atoms with Crippen LogP contribution in [0.3, 0.4) is 0 Å². The van der Waals surface area contributed by atoms with Gasteiger partial charge in [0.15, 0.2) is 5.82 Å². The fourth-order valence-corrected chi connectivity index (χ4v) is 1.15. The second-order valence-corrected chi connectivity index (χ2v) is 3.18. The number of rotatable bonds is 2. The molecule has 0 aliphatic rings. The Bertz CT molecular complexity index is 434. The van der Waals surface area contributed by atoms with Gasteiger partial charge in [0, 0.05) is 6.20 Å². The molecule has 76 valence electrons. The summed E-state index contributed by atoms with van der Waals surface area (Å²) in [4.78, 5) is 4.24. The summed E-state index contributed by atoms with van der Waals surface area (Å²) < 4.78 is 0. The highest BCUT2D eigenvalue weighted by molar-refractivity contribution is 5.47. The first kappa shape index (κ1) is 9.64.